The molecule has 0 heterocycles. The van der Waals surface area contributed by atoms with E-state index in [9.17, 15) is 0 Å². The first-order chi connectivity index (χ1) is 7.22. The highest BCUT2D eigenvalue weighted by Crippen LogP contribution is 2.38. The summed E-state index contributed by atoms with van der Waals surface area (Å²) in [4.78, 5) is 0. The molecule has 2 N–H and O–H groups in total. The summed E-state index contributed by atoms with van der Waals surface area (Å²) in [5.74, 6) is 0.881. The summed E-state index contributed by atoms with van der Waals surface area (Å²) in [5, 5.41) is 0. The van der Waals surface area contributed by atoms with E-state index in [1.165, 1.54) is 0 Å². The molecule has 0 saturated heterocycles. The number of anilines is 1. The normalized spacial score (nSPS) is 12.6. The molecular weight excluding hydrogens is 198 g/mol. The van der Waals surface area contributed by atoms with Crippen LogP contribution in [0.15, 0.2) is 24.3 Å². The van der Waals surface area contributed by atoms with Crippen molar-refractivity contribution in [3.63, 3.8) is 0 Å². The van der Waals surface area contributed by atoms with Gasteiger partial charge < -0.3 is 10.5 Å². The van der Waals surface area contributed by atoms with Gasteiger partial charge in [-0.2, -0.15) is 0 Å². The number of hydrogen-bond donors (Lipinski definition) is 1. The minimum atomic E-state index is 0.133. The first-order valence-corrected chi connectivity index (χ1v) is 5.71. The van der Waals surface area contributed by atoms with Crippen LogP contribution in [0.1, 0.15) is 34.6 Å². The number of nitrogen functional groups attached to an aromatic ring is 1. The van der Waals surface area contributed by atoms with E-state index < -0.39 is 0 Å². The Kier molecular flexibility index (Phi) is 3.51. The molecule has 0 aromatic heterocycles. The first kappa shape index (κ1) is 12.9. The molecule has 0 fully saturated rings. The third-order valence-corrected chi connectivity index (χ3v) is 3.51. The fourth-order valence-electron chi connectivity index (χ4n) is 1.04. The van der Waals surface area contributed by atoms with Crippen molar-refractivity contribution in [1.82, 2.24) is 0 Å². The van der Waals surface area contributed by atoms with Crippen molar-refractivity contribution in [2.75, 3.05) is 12.3 Å². The first-order valence-electron chi connectivity index (χ1n) is 5.71. The predicted molar refractivity (Wildman–Crippen MR) is 69.6 cm³/mol. The Bertz CT molecular complexity index is 333. The van der Waals surface area contributed by atoms with Crippen molar-refractivity contribution in [3.8, 4) is 5.75 Å². The van der Waals surface area contributed by atoms with Crippen LogP contribution in [0.5, 0.6) is 5.75 Å². The Morgan fingerprint density at radius 1 is 1.00 bits per heavy atom. The van der Waals surface area contributed by atoms with Crippen LogP contribution in [0.4, 0.5) is 5.69 Å². The van der Waals surface area contributed by atoms with Gasteiger partial charge in [-0.25, -0.2) is 0 Å². The summed E-state index contributed by atoms with van der Waals surface area (Å²) in [7, 11) is 0. The van der Waals surface area contributed by atoms with Crippen LogP contribution in [0, 0.1) is 10.8 Å². The Morgan fingerprint density at radius 2 is 1.50 bits per heavy atom. The molecule has 0 aliphatic carbocycles. The molecule has 0 spiro atoms. The van der Waals surface area contributed by atoms with E-state index in [-0.39, 0.29) is 10.8 Å². The Labute approximate surface area is 98.8 Å². The van der Waals surface area contributed by atoms with E-state index >= 15 is 0 Å². The van der Waals surface area contributed by atoms with Crippen molar-refractivity contribution >= 4 is 5.69 Å². The lowest BCUT2D eigenvalue weighted by Gasteiger charge is -2.38. The zero-order chi connectivity index (χ0) is 12.4. The number of ether oxygens (including phenoxy) is 1. The maximum absolute atomic E-state index is 5.80. The van der Waals surface area contributed by atoms with Crippen LogP contribution in [0.25, 0.3) is 0 Å². The maximum atomic E-state index is 5.80. The molecule has 0 aliphatic rings. The molecule has 0 atom stereocenters. The average molecular weight is 221 g/mol. The molecule has 16 heavy (non-hydrogen) atoms. The third kappa shape index (κ3) is 3.16. The Balaban J connectivity index is 2.61. The second-order valence-electron chi connectivity index (χ2n) is 5.99. The van der Waals surface area contributed by atoms with Crippen LogP contribution in [0.3, 0.4) is 0 Å². The van der Waals surface area contributed by atoms with E-state index in [1.54, 1.807) is 0 Å². The number of rotatable bonds is 3. The predicted octanol–water partition coefficient (Wildman–Crippen LogP) is 3.72. The summed E-state index contributed by atoms with van der Waals surface area (Å²) in [6.07, 6.45) is 0. The monoisotopic (exact) mass is 221 g/mol. The van der Waals surface area contributed by atoms with Gasteiger partial charge in [0.15, 0.2) is 0 Å². The highest BCUT2D eigenvalue weighted by molar-refractivity contribution is 5.41. The molecule has 0 aliphatic heterocycles. The molecule has 0 saturated carbocycles. The lowest BCUT2D eigenvalue weighted by Crippen LogP contribution is -2.35. The fourth-order valence-corrected chi connectivity index (χ4v) is 1.04. The zero-order valence-corrected chi connectivity index (χ0v) is 11.0. The van der Waals surface area contributed by atoms with Crippen molar-refractivity contribution in [3.05, 3.63) is 24.3 Å². The Morgan fingerprint density at radius 3 is 1.94 bits per heavy atom. The van der Waals surface area contributed by atoms with E-state index in [2.05, 4.69) is 34.6 Å². The van der Waals surface area contributed by atoms with Gasteiger partial charge in [0.25, 0.3) is 0 Å². The van der Waals surface area contributed by atoms with Crippen LogP contribution in [-0.4, -0.2) is 6.61 Å². The van der Waals surface area contributed by atoms with Crippen LogP contribution >= 0.6 is 0 Å². The minimum absolute atomic E-state index is 0.133. The van der Waals surface area contributed by atoms with Gasteiger partial charge in [-0.15, -0.1) is 0 Å². The molecule has 0 amide bonds. The van der Waals surface area contributed by atoms with Gasteiger partial charge in [0.1, 0.15) is 5.75 Å². The number of hydrogen-bond acceptors (Lipinski definition) is 2. The SMILES string of the molecule is CC(C)(C)C(C)(C)COc1ccc(N)cc1. The highest BCUT2D eigenvalue weighted by Gasteiger charge is 2.33. The topological polar surface area (TPSA) is 35.2 Å². The second kappa shape index (κ2) is 4.36. The lowest BCUT2D eigenvalue weighted by atomic mass is 9.70. The van der Waals surface area contributed by atoms with Crippen molar-refractivity contribution < 1.29 is 4.74 Å². The van der Waals surface area contributed by atoms with Crippen LogP contribution < -0.4 is 10.5 Å². The molecule has 0 radical (unpaired) electrons. The zero-order valence-electron chi connectivity index (χ0n) is 11.0. The highest BCUT2D eigenvalue weighted by atomic mass is 16.5. The maximum Gasteiger partial charge on any atom is 0.119 e. The molecule has 2 heteroatoms. The summed E-state index contributed by atoms with van der Waals surface area (Å²) in [6, 6.07) is 7.54. The quantitative estimate of drug-likeness (QED) is 0.789. The van der Waals surface area contributed by atoms with E-state index in [1.807, 2.05) is 24.3 Å². The molecule has 1 rings (SSSR count). The standard InChI is InChI=1S/C14H23NO/c1-13(2,3)14(4,5)10-16-12-8-6-11(15)7-9-12/h6-9H,10,15H2,1-5H3. The summed E-state index contributed by atoms with van der Waals surface area (Å²) < 4.78 is 5.80. The van der Waals surface area contributed by atoms with Gasteiger partial charge in [-0.05, 0) is 29.7 Å². The molecule has 0 bridgehead atoms. The summed E-state index contributed by atoms with van der Waals surface area (Å²) in [6.45, 7) is 11.9. The minimum Gasteiger partial charge on any atom is -0.493 e. The van der Waals surface area contributed by atoms with Gasteiger partial charge >= 0.3 is 0 Å². The summed E-state index contributed by atoms with van der Waals surface area (Å²) in [5.41, 5.74) is 6.74. The van der Waals surface area contributed by atoms with E-state index in [0.717, 1.165) is 11.4 Å². The second-order valence-corrected chi connectivity index (χ2v) is 5.99. The summed E-state index contributed by atoms with van der Waals surface area (Å²) >= 11 is 0. The van der Waals surface area contributed by atoms with Gasteiger partial charge in [-0.3, -0.25) is 0 Å². The smallest absolute Gasteiger partial charge is 0.119 e. The fraction of sp³-hybridized carbons (Fsp3) is 0.571. The van der Waals surface area contributed by atoms with Crippen molar-refractivity contribution in [1.29, 1.82) is 0 Å². The molecular formula is C14H23NO. The molecule has 1 aromatic rings. The lowest BCUT2D eigenvalue weighted by molar-refractivity contribution is 0.0627. The average Bonchev–Trinajstić information content (AvgIpc) is 2.15. The van der Waals surface area contributed by atoms with Gasteiger partial charge in [-0.1, -0.05) is 34.6 Å². The van der Waals surface area contributed by atoms with Gasteiger partial charge in [0.2, 0.25) is 0 Å². The van der Waals surface area contributed by atoms with Gasteiger partial charge in [0, 0.05) is 11.1 Å². The van der Waals surface area contributed by atoms with Crippen LogP contribution in [-0.2, 0) is 0 Å². The molecule has 1 aromatic carbocycles. The van der Waals surface area contributed by atoms with Crippen molar-refractivity contribution in [2.45, 2.75) is 34.6 Å². The van der Waals surface area contributed by atoms with Crippen molar-refractivity contribution in [2.24, 2.45) is 10.8 Å². The van der Waals surface area contributed by atoms with E-state index in [4.69, 9.17) is 10.5 Å². The largest absolute Gasteiger partial charge is 0.493 e. The molecule has 2 nitrogen and oxygen atoms in total. The van der Waals surface area contributed by atoms with E-state index in [0.29, 0.717) is 6.61 Å². The third-order valence-electron chi connectivity index (χ3n) is 3.51. The number of benzene rings is 1. The molecule has 90 valence electrons. The van der Waals surface area contributed by atoms with Gasteiger partial charge in [0.05, 0.1) is 6.61 Å². The Hall–Kier alpha value is -1.18. The number of nitrogens with two attached hydrogens (primary N) is 1. The molecule has 0 unspecified atom stereocenters. The van der Waals surface area contributed by atoms with Crippen LogP contribution in [0.2, 0.25) is 0 Å².